The molecular weight excluding hydrogens is 212 g/mol. The molecule has 0 bridgehead atoms. The Kier molecular flexibility index (Phi) is 2.04. The van der Waals surface area contributed by atoms with E-state index in [2.05, 4.69) is 0 Å². The van der Waals surface area contributed by atoms with E-state index in [9.17, 15) is 13.2 Å². The van der Waals surface area contributed by atoms with Gasteiger partial charge < -0.3 is 0 Å². The minimum Gasteiger partial charge on any atom is -0.292 e. The summed E-state index contributed by atoms with van der Waals surface area (Å²) in [6, 6.07) is 8.54. The van der Waals surface area contributed by atoms with Crippen molar-refractivity contribution in [2.24, 2.45) is 0 Å². The SMILES string of the molecule is CS(=O)(=O)C1(c2ccccc2)C=CC1=O. The van der Waals surface area contributed by atoms with Crippen LogP contribution in [0.2, 0.25) is 0 Å². The molecule has 4 heteroatoms. The van der Waals surface area contributed by atoms with E-state index in [-0.39, 0.29) is 5.78 Å². The molecule has 2 rings (SSSR count). The van der Waals surface area contributed by atoms with Crippen molar-refractivity contribution in [3.05, 3.63) is 48.0 Å². The highest BCUT2D eigenvalue weighted by Gasteiger charge is 2.51. The zero-order valence-electron chi connectivity index (χ0n) is 8.17. The van der Waals surface area contributed by atoms with Crippen LogP contribution in [0.4, 0.5) is 0 Å². The molecule has 0 N–H and O–H groups in total. The second-order valence-electron chi connectivity index (χ2n) is 3.57. The molecule has 0 saturated heterocycles. The second-order valence-corrected chi connectivity index (χ2v) is 5.76. The van der Waals surface area contributed by atoms with Gasteiger partial charge >= 0.3 is 0 Å². The molecule has 0 heterocycles. The van der Waals surface area contributed by atoms with Crippen LogP contribution < -0.4 is 0 Å². The summed E-state index contributed by atoms with van der Waals surface area (Å²) in [4.78, 5) is 11.5. The summed E-state index contributed by atoms with van der Waals surface area (Å²) < 4.78 is 21.9. The molecule has 15 heavy (non-hydrogen) atoms. The molecule has 1 aromatic rings. The first-order valence-electron chi connectivity index (χ1n) is 4.47. The Morgan fingerprint density at radius 2 is 1.73 bits per heavy atom. The highest BCUT2D eigenvalue weighted by Crippen LogP contribution is 2.38. The smallest absolute Gasteiger partial charge is 0.185 e. The van der Waals surface area contributed by atoms with Crippen molar-refractivity contribution < 1.29 is 13.2 Å². The maximum absolute atomic E-state index is 11.7. The summed E-state index contributed by atoms with van der Waals surface area (Å²) in [6.45, 7) is 0. The molecule has 0 saturated carbocycles. The van der Waals surface area contributed by atoms with Crippen LogP contribution in [0.1, 0.15) is 5.56 Å². The zero-order valence-corrected chi connectivity index (χ0v) is 8.99. The molecule has 1 unspecified atom stereocenters. The lowest BCUT2D eigenvalue weighted by Gasteiger charge is -2.32. The van der Waals surface area contributed by atoms with Crippen molar-refractivity contribution in [1.82, 2.24) is 0 Å². The molecule has 78 valence electrons. The summed E-state index contributed by atoms with van der Waals surface area (Å²) in [6.07, 6.45) is 3.83. The maximum Gasteiger partial charge on any atom is 0.185 e. The summed E-state index contributed by atoms with van der Waals surface area (Å²) in [7, 11) is -3.47. The summed E-state index contributed by atoms with van der Waals surface area (Å²) >= 11 is 0. The minimum atomic E-state index is -3.47. The summed E-state index contributed by atoms with van der Waals surface area (Å²) in [5.41, 5.74) is 0.514. The number of hydrogen-bond donors (Lipinski definition) is 0. The van der Waals surface area contributed by atoms with Crippen molar-refractivity contribution in [1.29, 1.82) is 0 Å². The van der Waals surface area contributed by atoms with Gasteiger partial charge in [-0.3, -0.25) is 4.79 Å². The van der Waals surface area contributed by atoms with Gasteiger partial charge in [-0.05, 0) is 17.7 Å². The van der Waals surface area contributed by atoms with E-state index in [0.717, 1.165) is 6.26 Å². The molecule has 1 atom stereocenters. The van der Waals surface area contributed by atoms with Crippen LogP contribution in [-0.2, 0) is 19.4 Å². The van der Waals surface area contributed by atoms with E-state index in [1.165, 1.54) is 12.2 Å². The minimum absolute atomic E-state index is 0.365. The van der Waals surface area contributed by atoms with E-state index >= 15 is 0 Å². The molecule has 3 nitrogen and oxygen atoms in total. The summed E-state index contributed by atoms with van der Waals surface area (Å²) in [5.74, 6) is -0.365. The monoisotopic (exact) mass is 222 g/mol. The van der Waals surface area contributed by atoms with Crippen LogP contribution in [0.3, 0.4) is 0 Å². The number of carbonyl (C=O) groups is 1. The van der Waals surface area contributed by atoms with Crippen molar-refractivity contribution in [2.45, 2.75) is 4.75 Å². The first-order chi connectivity index (χ1) is 6.98. The third-order valence-corrected chi connectivity index (χ3v) is 4.37. The second kappa shape index (κ2) is 3.03. The van der Waals surface area contributed by atoms with Crippen LogP contribution in [0, 0.1) is 0 Å². The fourth-order valence-electron chi connectivity index (χ4n) is 1.75. The van der Waals surface area contributed by atoms with Crippen LogP contribution in [0.25, 0.3) is 0 Å². The lowest BCUT2D eigenvalue weighted by molar-refractivity contribution is -0.117. The van der Waals surface area contributed by atoms with E-state index in [1.807, 2.05) is 0 Å². The maximum atomic E-state index is 11.7. The average Bonchev–Trinajstić information content (AvgIpc) is 2.15. The number of carbonyl (C=O) groups excluding carboxylic acids is 1. The number of rotatable bonds is 2. The van der Waals surface area contributed by atoms with Gasteiger partial charge in [-0.15, -0.1) is 0 Å². The highest BCUT2D eigenvalue weighted by atomic mass is 32.2. The Labute approximate surface area is 88.3 Å². The Morgan fingerprint density at radius 3 is 2.07 bits per heavy atom. The Hall–Kier alpha value is -1.42. The van der Waals surface area contributed by atoms with Crippen LogP contribution >= 0.6 is 0 Å². The van der Waals surface area contributed by atoms with Crippen LogP contribution in [0.5, 0.6) is 0 Å². The van der Waals surface area contributed by atoms with Crippen molar-refractivity contribution in [3.8, 4) is 0 Å². The molecule has 0 spiro atoms. The standard InChI is InChI=1S/C11H10O3S/c1-15(13,14)11(8-7-10(11)12)9-5-3-2-4-6-9/h2-8H,1H3. The number of ketones is 1. The average molecular weight is 222 g/mol. The van der Waals surface area contributed by atoms with Gasteiger partial charge in [-0.25, -0.2) is 8.42 Å². The van der Waals surface area contributed by atoms with Gasteiger partial charge in [0.1, 0.15) is 0 Å². The van der Waals surface area contributed by atoms with Crippen molar-refractivity contribution >= 4 is 15.6 Å². The molecule has 0 amide bonds. The highest BCUT2D eigenvalue weighted by molar-refractivity contribution is 7.92. The first kappa shape index (κ1) is 10.1. The first-order valence-corrected chi connectivity index (χ1v) is 6.36. The lowest BCUT2D eigenvalue weighted by Crippen LogP contribution is -2.45. The molecule has 1 aliphatic rings. The van der Waals surface area contributed by atoms with E-state index in [1.54, 1.807) is 30.3 Å². The Bertz CT molecular complexity index is 528. The van der Waals surface area contributed by atoms with Gasteiger partial charge in [0.25, 0.3) is 0 Å². The fourth-order valence-corrected chi connectivity index (χ4v) is 3.06. The van der Waals surface area contributed by atoms with Gasteiger partial charge in [0.2, 0.25) is 0 Å². The van der Waals surface area contributed by atoms with Gasteiger partial charge in [0, 0.05) is 6.26 Å². The predicted molar refractivity (Wildman–Crippen MR) is 57.1 cm³/mol. The molecule has 0 aliphatic heterocycles. The fraction of sp³-hybridized carbons (Fsp3) is 0.182. The van der Waals surface area contributed by atoms with Crippen LogP contribution in [-0.4, -0.2) is 20.5 Å². The Morgan fingerprint density at radius 1 is 1.13 bits per heavy atom. The van der Waals surface area contributed by atoms with E-state index in [4.69, 9.17) is 0 Å². The summed E-state index contributed by atoms with van der Waals surface area (Å²) in [5, 5.41) is 0. The number of hydrogen-bond acceptors (Lipinski definition) is 3. The lowest BCUT2D eigenvalue weighted by atomic mass is 9.85. The molecule has 0 radical (unpaired) electrons. The third-order valence-electron chi connectivity index (χ3n) is 2.62. The largest absolute Gasteiger partial charge is 0.292 e. The molecule has 0 aromatic heterocycles. The van der Waals surface area contributed by atoms with E-state index in [0.29, 0.717) is 5.56 Å². The van der Waals surface area contributed by atoms with E-state index < -0.39 is 14.6 Å². The van der Waals surface area contributed by atoms with Gasteiger partial charge in [-0.1, -0.05) is 30.3 Å². The van der Waals surface area contributed by atoms with Crippen molar-refractivity contribution in [2.75, 3.05) is 6.26 Å². The van der Waals surface area contributed by atoms with Gasteiger partial charge in [0.15, 0.2) is 20.4 Å². The number of sulfone groups is 1. The third kappa shape index (κ3) is 1.25. The van der Waals surface area contributed by atoms with Gasteiger partial charge in [0.05, 0.1) is 0 Å². The molecule has 0 fully saturated rings. The van der Waals surface area contributed by atoms with Crippen molar-refractivity contribution in [3.63, 3.8) is 0 Å². The zero-order chi connectivity index (χ0) is 11.1. The predicted octanol–water partition coefficient (Wildman–Crippen LogP) is 1.07. The Balaban J connectivity index is 2.68. The quantitative estimate of drug-likeness (QED) is 0.752. The normalized spacial score (nSPS) is 25.0. The molecule has 1 aromatic carbocycles. The molecular formula is C11H10O3S. The van der Waals surface area contributed by atoms with Gasteiger partial charge in [-0.2, -0.15) is 0 Å². The molecule has 1 aliphatic carbocycles. The number of allylic oxidation sites excluding steroid dienone is 1. The number of benzene rings is 1. The topological polar surface area (TPSA) is 51.2 Å². The van der Waals surface area contributed by atoms with Crippen LogP contribution in [0.15, 0.2) is 42.5 Å².